The number of hydrogen-bond donors (Lipinski definition) is 1. The highest BCUT2D eigenvalue weighted by Crippen LogP contribution is 2.31. The molecule has 0 radical (unpaired) electrons. The number of carbonyl (C=O) groups excluding carboxylic acids is 1. The Kier molecular flexibility index (Phi) is 3.28. The molecule has 1 N–H and O–H groups in total. The summed E-state index contributed by atoms with van der Waals surface area (Å²) in [5, 5.41) is 17.5. The topological polar surface area (TPSA) is 83.6 Å². The summed E-state index contributed by atoms with van der Waals surface area (Å²) in [6.07, 6.45) is 3.25. The van der Waals surface area contributed by atoms with E-state index >= 15 is 0 Å². The van der Waals surface area contributed by atoms with Gasteiger partial charge in [-0.05, 0) is 37.5 Å². The average Bonchev–Trinajstić information content (AvgIpc) is 3.36. The van der Waals surface area contributed by atoms with Crippen molar-refractivity contribution >= 4 is 22.6 Å². The van der Waals surface area contributed by atoms with Gasteiger partial charge in [-0.2, -0.15) is 15.0 Å². The molecule has 1 aromatic carbocycles. The van der Waals surface area contributed by atoms with Gasteiger partial charge in [0, 0.05) is 11.3 Å². The van der Waals surface area contributed by atoms with E-state index in [0.717, 1.165) is 29.3 Å². The minimum Gasteiger partial charge on any atom is -0.309 e. The van der Waals surface area contributed by atoms with Crippen LogP contribution in [0.25, 0.3) is 16.7 Å². The van der Waals surface area contributed by atoms with E-state index in [1.807, 2.05) is 37.3 Å². The average molecular weight is 317 g/mol. The number of nitrogens with zero attached hydrogens (tertiary/aromatic N) is 4. The molecule has 0 spiro atoms. The molecule has 4 rings (SSSR count). The number of pyridine rings is 1. The summed E-state index contributed by atoms with van der Waals surface area (Å²) in [5.74, 6) is 0.951. The van der Waals surface area contributed by atoms with Crippen molar-refractivity contribution in [1.29, 1.82) is 5.26 Å². The van der Waals surface area contributed by atoms with Gasteiger partial charge in [-0.15, -0.1) is 0 Å². The summed E-state index contributed by atoms with van der Waals surface area (Å²) >= 11 is 0. The highest BCUT2D eigenvalue weighted by Gasteiger charge is 2.31. The highest BCUT2D eigenvalue weighted by atomic mass is 16.2. The molecule has 1 fully saturated rings. The van der Waals surface area contributed by atoms with E-state index in [9.17, 15) is 10.1 Å². The Labute approximate surface area is 138 Å². The number of amides is 1. The molecular weight excluding hydrogens is 302 g/mol. The molecule has 2 aromatic heterocycles. The van der Waals surface area contributed by atoms with Crippen LogP contribution in [0, 0.1) is 24.2 Å². The first kappa shape index (κ1) is 14.4. The first-order valence-electron chi connectivity index (χ1n) is 7.83. The van der Waals surface area contributed by atoms with E-state index in [2.05, 4.69) is 21.5 Å². The lowest BCUT2D eigenvalue weighted by atomic mass is 10.1. The highest BCUT2D eigenvalue weighted by molar-refractivity contribution is 5.94. The number of nitrogens with one attached hydrogen (secondary N) is 1. The number of anilines is 1. The molecule has 0 saturated heterocycles. The van der Waals surface area contributed by atoms with Gasteiger partial charge in [0.25, 0.3) is 0 Å². The van der Waals surface area contributed by atoms with Crippen LogP contribution in [0.15, 0.2) is 36.5 Å². The van der Waals surface area contributed by atoms with Crippen LogP contribution < -0.4 is 5.32 Å². The third-order valence-corrected chi connectivity index (χ3v) is 4.21. The molecule has 2 heterocycles. The molecule has 0 atom stereocenters. The molecule has 1 amide bonds. The van der Waals surface area contributed by atoms with E-state index in [-0.39, 0.29) is 11.8 Å². The summed E-state index contributed by atoms with van der Waals surface area (Å²) < 4.78 is 1.53. The Bertz CT molecular complexity index is 994. The second-order valence-electron chi connectivity index (χ2n) is 6.01. The number of benzene rings is 1. The van der Waals surface area contributed by atoms with Crippen LogP contribution in [-0.2, 0) is 4.79 Å². The SMILES string of the molecule is Cc1cc(-n2ncc(C#N)c2NC(=O)C2CC2)nc2ccccc12. The van der Waals surface area contributed by atoms with Gasteiger partial charge in [-0.25, -0.2) is 4.98 Å². The number of fused-ring (bicyclic) bond motifs is 1. The Morgan fingerprint density at radius 2 is 2.17 bits per heavy atom. The number of para-hydroxylation sites is 1. The first-order chi connectivity index (χ1) is 11.7. The van der Waals surface area contributed by atoms with E-state index in [4.69, 9.17) is 0 Å². The standard InChI is InChI=1S/C18H15N5O/c1-11-8-16(21-15-5-3-2-4-14(11)15)23-17(13(9-19)10-20-23)22-18(24)12-6-7-12/h2-5,8,10,12H,6-7H2,1H3,(H,22,24). The smallest absolute Gasteiger partial charge is 0.228 e. The maximum Gasteiger partial charge on any atom is 0.228 e. The Balaban J connectivity index is 1.83. The summed E-state index contributed by atoms with van der Waals surface area (Å²) in [6, 6.07) is 11.8. The Morgan fingerprint density at radius 3 is 2.92 bits per heavy atom. The minimum absolute atomic E-state index is 0.0474. The first-order valence-corrected chi connectivity index (χ1v) is 7.83. The molecule has 24 heavy (non-hydrogen) atoms. The fourth-order valence-corrected chi connectivity index (χ4v) is 2.73. The van der Waals surface area contributed by atoms with Crippen molar-refractivity contribution in [2.45, 2.75) is 19.8 Å². The van der Waals surface area contributed by atoms with Crippen molar-refractivity contribution in [2.75, 3.05) is 5.32 Å². The molecule has 0 aliphatic heterocycles. The van der Waals surface area contributed by atoms with Gasteiger partial charge in [0.2, 0.25) is 5.91 Å². The quantitative estimate of drug-likeness (QED) is 0.805. The molecule has 1 saturated carbocycles. The van der Waals surface area contributed by atoms with Crippen LogP contribution in [0.5, 0.6) is 0 Å². The lowest BCUT2D eigenvalue weighted by molar-refractivity contribution is -0.117. The number of aromatic nitrogens is 3. The maximum atomic E-state index is 12.1. The van der Waals surface area contributed by atoms with Crippen molar-refractivity contribution in [1.82, 2.24) is 14.8 Å². The van der Waals surface area contributed by atoms with Gasteiger partial charge in [-0.3, -0.25) is 4.79 Å². The van der Waals surface area contributed by atoms with Gasteiger partial charge < -0.3 is 5.32 Å². The maximum absolute atomic E-state index is 12.1. The van der Waals surface area contributed by atoms with Crippen LogP contribution in [0.4, 0.5) is 5.82 Å². The summed E-state index contributed by atoms with van der Waals surface area (Å²) in [7, 11) is 0. The van der Waals surface area contributed by atoms with E-state index in [0.29, 0.717) is 17.2 Å². The fraction of sp³-hybridized carbons (Fsp3) is 0.222. The van der Waals surface area contributed by atoms with Gasteiger partial charge in [0.05, 0.1) is 11.7 Å². The lowest BCUT2D eigenvalue weighted by Crippen LogP contribution is -2.17. The predicted octanol–water partition coefficient (Wildman–Crippen LogP) is 2.95. The Morgan fingerprint density at radius 1 is 1.38 bits per heavy atom. The zero-order chi connectivity index (χ0) is 16.7. The molecule has 6 heteroatoms. The van der Waals surface area contributed by atoms with Crippen molar-refractivity contribution < 1.29 is 4.79 Å². The van der Waals surface area contributed by atoms with Gasteiger partial charge >= 0.3 is 0 Å². The van der Waals surface area contributed by atoms with Crippen molar-refractivity contribution in [3.8, 4) is 11.9 Å². The number of aryl methyl sites for hydroxylation is 1. The summed E-state index contributed by atoms with van der Waals surface area (Å²) in [4.78, 5) is 16.7. The van der Waals surface area contributed by atoms with Crippen LogP contribution >= 0.6 is 0 Å². The van der Waals surface area contributed by atoms with E-state index in [1.165, 1.54) is 10.9 Å². The van der Waals surface area contributed by atoms with Crippen molar-refractivity contribution in [3.63, 3.8) is 0 Å². The summed E-state index contributed by atoms with van der Waals surface area (Å²) in [6.45, 7) is 2.00. The third-order valence-electron chi connectivity index (χ3n) is 4.21. The molecular formula is C18H15N5O. The monoisotopic (exact) mass is 317 g/mol. The molecule has 6 nitrogen and oxygen atoms in total. The predicted molar refractivity (Wildman–Crippen MR) is 89.7 cm³/mol. The van der Waals surface area contributed by atoms with Gasteiger partial charge in [-0.1, -0.05) is 18.2 Å². The second kappa shape index (κ2) is 5.46. The largest absolute Gasteiger partial charge is 0.309 e. The molecule has 3 aromatic rings. The number of rotatable bonds is 3. The zero-order valence-electron chi connectivity index (χ0n) is 13.2. The van der Waals surface area contributed by atoms with Crippen LogP contribution in [0.2, 0.25) is 0 Å². The lowest BCUT2D eigenvalue weighted by Gasteiger charge is -2.11. The summed E-state index contributed by atoms with van der Waals surface area (Å²) in [5.41, 5.74) is 2.24. The van der Waals surface area contributed by atoms with Gasteiger partial charge in [0.1, 0.15) is 11.6 Å². The van der Waals surface area contributed by atoms with E-state index in [1.54, 1.807) is 0 Å². The number of carbonyl (C=O) groups is 1. The normalized spacial score (nSPS) is 13.7. The molecule has 1 aliphatic rings. The molecule has 0 bridgehead atoms. The van der Waals surface area contributed by atoms with Gasteiger partial charge in [0.15, 0.2) is 11.6 Å². The van der Waals surface area contributed by atoms with Crippen LogP contribution in [-0.4, -0.2) is 20.7 Å². The fourth-order valence-electron chi connectivity index (χ4n) is 2.73. The number of nitriles is 1. The van der Waals surface area contributed by atoms with Crippen LogP contribution in [0.1, 0.15) is 24.0 Å². The van der Waals surface area contributed by atoms with Crippen molar-refractivity contribution in [2.24, 2.45) is 5.92 Å². The minimum atomic E-state index is -0.0641. The molecule has 0 unspecified atom stereocenters. The molecule has 1 aliphatic carbocycles. The van der Waals surface area contributed by atoms with E-state index < -0.39 is 0 Å². The van der Waals surface area contributed by atoms with Crippen molar-refractivity contribution in [3.05, 3.63) is 47.7 Å². The Hall–Kier alpha value is -3.20. The third kappa shape index (κ3) is 2.40. The second-order valence-corrected chi connectivity index (χ2v) is 6.01. The zero-order valence-corrected chi connectivity index (χ0v) is 13.2. The molecule has 118 valence electrons. The number of hydrogen-bond acceptors (Lipinski definition) is 4. The van der Waals surface area contributed by atoms with Crippen LogP contribution in [0.3, 0.4) is 0 Å².